The zero-order valence-electron chi connectivity index (χ0n) is 14.1. The molecular weight excluding hydrogens is 298 g/mol. The van der Waals surface area contributed by atoms with Crippen LogP contribution in [0.4, 0.5) is 0 Å². The van der Waals surface area contributed by atoms with E-state index in [0.29, 0.717) is 5.75 Å². The first-order chi connectivity index (χ1) is 11.7. The molecule has 1 N–H and O–H groups in total. The standard InChI is InChI=1S/C21H23NO2/c1-3-6-20(21(23)18-12-19(24-2)14-22-13-18)17-10-9-15-7-4-5-8-16(15)11-17/h4-5,7-14,20-21,23H,3,6H2,1-2H3/t20-,21-/m0/s1. The fourth-order valence-corrected chi connectivity index (χ4v) is 3.20. The Balaban J connectivity index is 1.97. The number of nitrogens with zero attached hydrogens (tertiary/aromatic N) is 1. The number of ether oxygens (including phenoxy) is 1. The van der Waals surface area contributed by atoms with Gasteiger partial charge in [-0.25, -0.2) is 0 Å². The predicted octanol–water partition coefficient (Wildman–Crippen LogP) is 4.86. The van der Waals surface area contributed by atoms with Crippen LogP contribution < -0.4 is 4.74 Å². The third-order valence-electron chi connectivity index (χ3n) is 4.49. The quantitative estimate of drug-likeness (QED) is 0.705. The number of rotatable bonds is 6. The predicted molar refractivity (Wildman–Crippen MR) is 97.3 cm³/mol. The highest BCUT2D eigenvalue weighted by molar-refractivity contribution is 5.83. The second kappa shape index (κ2) is 7.45. The second-order valence-electron chi connectivity index (χ2n) is 6.10. The molecule has 0 spiro atoms. The fraction of sp³-hybridized carbons (Fsp3) is 0.286. The smallest absolute Gasteiger partial charge is 0.137 e. The molecule has 0 aliphatic carbocycles. The monoisotopic (exact) mass is 321 g/mol. The van der Waals surface area contributed by atoms with E-state index in [0.717, 1.165) is 24.0 Å². The topological polar surface area (TPSA) is 42.4 Å². The summed E-state index contributed by atoms with van der Waals surface area (Å²) in [4.78, 5) is 4.18. The Morgan fingerprint density at radius 2 is 1.79 bits per heavy atom. The van der Waals surface area contributed by atoms with Crippen molar-refractivity contribution < 1.29 is 9.84 Å². The highest BCUT2D eigenvalue weighted by Crippen LogP contribution is 2.36. The molecule has 0 bridgehead atoms. The number of benzene rings is 2. The molecule has 0 fully saturated rings. The van der Waals surface area contributed by atoms with Crippen molar-refractivity contribution in [1.82, 2.24) is 4.98 Å². The van der Waals surface area contributed by atoms with E-state index in [-0.39, 0.29) is 5.92 Å². The Labute approximate surface area is 142 Å². The number of hydrogen-bond acceptors (Lipinski definition) is 3. The van der Waals surface area contributed by atoms with Gasteiger partial charge in [0.2, 0.25) is 0 Å². The van der Waals surface area contributed by atoms with Crippen molar-refractivity contribution in [3.63, 3.8) is 0 Å². The molecule has 3 aromatic rings. The third kappa shape index (κ3) is 3.41. The van der Waals surface area contributed by atoms with Crippen molar-refractivity contribution >= 4 is 10.8 Å². The number of hydrogen-bond donors (Lipinski definition) is 1. The Kier molecular flexibility index (Phi) is 5.11. The average molecular weight is 321 g/mol. The summed E-state index contributed by atoms with van der Waals surface area (Å²) in [6.07, 6.45) is 4.69. The van der Waals surface area contributed by atoms with Crippen molar-refractivity contribution in [1.29, 1.82) is 0 Å². The number of aliphatic hydroxyl groups excluding tert-OH is 1. The maximum absolute atomic E-state index is 11.0. The van der Waals surface area contributed by atoms with E-state index in [1.807, 2.05) is 18.2 Å². The van der Waals surface area contributed by atoms with Crippen molar-refractivity contribution in [3.05, 3.63) is 72.1 Å². The molecule has 0 saturated heterocycles. The lowest BCUT2D eigenvalue weighted by molar-refractivity contribution is 0.139. The van der Waals surface area contributed by atoms with Crippen LogP contribution in [0.3, 0.4) is 0 Å². The molecular formula is C21H23NO2. The summed E-state index contributed by atoms with van der Waals surface area (Å²) in [6, 6.07) is 16.6. The molecule has 124 valence electrons. The molecule has 0 aliphatic rings. The van der Waals surface area contributed by atoms with E-state index < -0.39 is 6.10 Å². The van der Waals surface area contributed by atoms with E-state index in [1.165, 1.54) is 10.8 Å². The SMILES string of the molecule is CCC[C@@H](c1ccc2ccccc2c1)[C@@H](O)c1cncc(OC)c1. The fourth-order valence-electron chi connectivity index (χ4n) is 3.20. The van der Waals surface area contributed by atoms with Gasteiger partial charge in [-0.2, -0.15) is 0 Å². The summed E-state index contributed by atoms with van der Waals surface area (Å²) in [5, 5.41) is 13.4. The minimum atomic E-state index is -0.603. The summed E-state index contributed by atoms with van der Waals surface area (Å²) in [7, 11) is 1.61. The first-order valence-electron chi connectivity index (χ1n) is 8.38. The van der Waals surface area contributed by atoms with Crippen LogP contribution in [-0.2, 0) is 0 Å². The first-order valence-corrected chi connectivity index (χ1v) is 8.38. The normalized spacial score (nSPS) is 13.6. The summed E-state index contributed by atoms with van der Waals surface area (Å²) in [6.45, 7) is 2.14. The summed E-state index contributed by atoms with van der Waals surface area (Å²) >= 11 is 0. The molecule has 0 amide bonds. The Morgan fingerprint density at radius 1 is 1.00 bits per heavy atom. The number of aliphatic hydroxyl groups is 1. The van der Waals surface area contributed by atoms with Crippen molar-refractivity contribution in [2.75, 3.05) is 7.11 Å². The summed E-state index contributed by atoms with van der Waals surface area (Å²) in [5.74, 6) is 0.703. The number of methoxy groups -OCH3 is 1. The molecule has 2 aromatic carbocycles. The van der Waals surface area contributed by atoms with Crippen LogP contribution in [0, 0.1) is 0 Å². The molecule has 3 nitrogen and oxygen atoms in total. The summed E-state index contributed by atoms with van der Waals surface area (Å²) in [5.41, 5.74) is 1.95. The second-order valence-corrected chi connectivity index (χ2v) is 6.10. The van der Waals surface area contributed by atoms with Crippen LogP contribution in [-0.4, -0.2) is 17.2 Å². The van der Waals surface area contributed by atoms with Gasteiger partial charge >= 0.3 is 0 Å². The number of aromatic nitrogens is 1. The molecule has 0 aliphatic heterocycles. The molecule has 1 heterocycles. The van der Waals surface area contributed by atoms with Gasteiger partial charge in [0, 0.05) is 17.7 Å². The van der Waals surface area contributed by atoms with Gasteiger partial charge in [0.25, 0.3) is 0 Å². The minimum absolute atomic E-state index is 0.0357. The molecule has 0 unspecified atom stereocenters. The van der Waals surface area contributed by atoms with Gasteiger partial charge in [-0.05, 0) is 28.8 Å². The van der Waals surface area contributed by atoms with Crippen molar-refractivity contribution in [2.24, 2.45) is 0 Å². The lowest BCUT2D eigenvalue weighted by atomic mass is 9.85. The van der Waals surface area contributed by atoms with Gasteiger partial charge in [-0.3, -0.25) is 4.98 Å². The van der Waals surface area contributed by atoms with E-state index in [2.05, 4.69) is 42.2 Å². The molecule has 24 heavy (non-hydrogen) atoms. The van der Waals surface area contributed by atoms with Crippen LogP contribution >= 0.6 is 0 Å². The number of fused-ring (bicyclic) bond motifs is 1. The number of pyridine rings is 1. The van der Waals surface area contributed by atoms with Crippen LogP contribution in [0.2, 0.25) is 0 Å². The van der Waals surface area contributed by atoms with Crippen LogP contribution in [0.5, 0.6) is 5.75 Å². The molecule has 1 aromatic heterocycles. The van der Waals surface area contributed by atoms with Crippen LogP contribution in [0.15, 0.2) is 60.9 Å². The molecule has 0 radical (unpaired) electrons. The highest BCUT2D eigenvalue weighted by Gasteiger charge is 2.23. The van der Waals surface area contributed by atoms with Crippen LogP contribution in [0.25, 0.3) is 10.8 Å². The maximum atomic E-state index is 11.0. The third-order valence-corrected chi connectivity index (χ3v) is 4.49. The van der Waals surface area contributed by atoms with Gasteiger partial charge in [0.05, 0.1) is 19.4 Å². The first kappa shape index (κ1) is 16.5. The van der Waals surface area contributed by atoms with Crippen molar-refractivity contribution in [3.8, 4) is 5.75 Å². The van der Waals surface area contributed by atoms with E-state index >= 15 is 0 Å². The van der Waals surface area contributed by atoms with E-state index in [4.69, 9.17) is 4.74 Å². The summed E-state index contributed by atoms with van der Waals surface area (Å²) < 4.78 is 5.23. The van der Waals surface area contributed by atoms with Crippen LogP contribution in [0.1, 0.15) is 42.9 Å². The lowest BCUT2D eigenvalue weighted by Gasteiger charge is -2.24. The largest absolute Gasteiger partial charge is 0.495 e. The minimum Gasteiger partial charge on any atom is -0.495 e. The Morgan fingerprint density at radius 3 is 2.54 bits per heavy atom. The molecule has 3 rings (SSSR count). The lowest BCUT2D eigenvalue weighted by Crippen LogP contribution is -2.11. The zero-order chi connectivity index (χ0) is 16.9. The zero-order valence-corrected chi connectivity index (χ0v) is 14.1. The highest BCUT2D eigenvalue weighted by atomic mass is 16.5. The molecule has 0 saturated carbocycles. The van der Waals surface area contributed by atoms with E-state index in [1.54, 1.807) is 19.5 Å². The Hall–Kier alpha value is -2.39. The van der Waals surface area contributed by atoms with Crippen molar-refractivity contribution in [2.45, 2.75) is 31.8 Å². The van der Waals surface area contributed by atoms with Gasteiger partial charge < -0.3 is 9.84 Å². The van der Waals surface area contributed by atoms with Gasteiger partial charge in [-0.1, -0.05) is 55.8 Å². The Bertz CT molecular complexity index is 816. The molecule has 3 heteroatoms. The average Bonchev–Trinajstić information content (AvgIpc) is 2.65. The maximum Gasteiger partial charge on any atom is 0.137 e. The van der Waals surface area contributed by atoms with Gasteiger partial charge in [0.15, 0.2) is 0 Å². The molecule has 2 atom stereocenters. The van der Waals surface area contributed by atoms with E-state index in [9.17, 15) is 5.11 Å². The van der Waals surface area contributed by atoms with Gasteiger partial charge in [-0.15, -0.1) is 0 Å². The van der Waals surface area contributed by atoms with Gasteiger partial charge in [0.1, 0.15) is 5.75 Å².